The molecule has 3 heteroatoms. The second-order valence-electron chi connectivity index (χ2n) is 3.27. The predicted octanol–water partition coefficient (Wildman–Crippen LogP) is 2.25. The van der Waals surface area contributed by atoms with Gasteiger partial charge in [-0.05, 0) is 26.0 Å². The minimum absolute atomic E-state index is 0.0626. The van der Waals surface area contributed by atoms with Gasteiger partial charge in [-0.25, -0.2) is 4.79 Å². The van der Waals surface area contributed by atoms with Crippen LogP contribution in [0.2, 0.25) is 0 Å². The molecule has 0 saturated heterocycles. The van der Waals surface area contributed by atoms with Gasteiger partial charge in [0.1, 0.15) is 6.26 Å². The van der Waals surface area contributed by atoms with E-state index in [2.05, 4.69) is 18.4 Å². The standard InChI is InChI=1S/C12H17O2S/c1-4-14-12(13)10(2)15(3)11-8-6-5-7-9-11/h5-10H,4H2,1-3H3/q+1. The fraction of sp³-hybridized carbons (Fsp3) is 0.417. The first-order chi connectivity index (χ1) is 7.16. The Kier molecular flexibility index (Phi) is 4.69. The molecule has 0 N–H and O–H groups in total. The average Bonchev–Trinajstić information content (AvgIpc) is 2.28. The summed E-state index contributed by atoms with van der Waals surface area (Å²) in [6, 6.07) is 10.1. The molecule has 2 unspecified atom stereocenters. The van der Waals surface area contributed by atoms with E-state index in [-0.39, 0.29) is 22.1 Å². The van der Waals surface area contributed by atoms with Gasteiger partial charge >= 0.3 is 5.97 Å². The SMILES string of the molecule is CCOC(=O)C(C)[S+](C)c1ccccc1. The molecule has 0 spiro atoms. The Morgan fingerprint density at radius 2 is 2.00 bits per heavy atom. The summed E-state index contributed by atoms with van der Waals surface area (Å²) >= 11 is 0. The largest absolute Gasteiger partial charge is 0.462 e. The van der Waals surface area contributed by atoms with Crippen LogP contribution in [0.15, 0.2) is 35.2 Å². The van der Waals surface area contributed by atoms with Crippen molar-refractivity contribution < 1.29 is 9.53 Å². The maximum absolute atomic E-state index is 11.5. The lowest BCUT2D eigenvalue weighted by atomic mass is 10.4. The smallest absolute Gasteiger partial charge is 0.359 e. The van der Waals surface area contributed by atoms with Crippen LogP contribution in [0.1, 0.15) is 13.8 Å². The number of hydrogen-bond acceptors (Lipinski definition) is 2. The number of hydrogen-bond donors (Lipinski definition) is 0. The lowest BCUT2D eigenvalue weighted by Gasteiger charge is -2.10. The fourth-order valence-corrected chi connectivity index (χ4v) is 2.59. The minimum Gasteiger partial charge on any atom is -0.462 e. The van der Waals surface area contributed by atoms with Gasteiger partial charge in [-0.15, -0.1) is 0 Å². The normalized spacial score (nSPS) is 14.3. The molecule has 0 saturated carbocycles. The molecule has 0 radical (unpaired) electrons. The van der Waals surface area contributed by atoms with Crippen molar-refractivity contribution in [2.75, 3.05) is 12.9 Å². The van der Waals surface area contributed by atoms with Gasteiger partial charge in [0.15, 0.2) is 4.90 Å². The highest BCUT2D eigenvalue weighted by Gasteiger charge is 2.31. The Bertz CT molecular complexity index is 311. The molecule has 0 heterocycles. The third-order valence-corrected chi connectivity index (χ3v) is 4.53. The third kappa shape index (κ3) is 3.27. The monoisotopic (exact) mass is 225 g/mol. The van der Waals surface area contributed by atoms with Crippen LogP contribution in [-0.2, 0) is 20.4 Å². The molecule has 1 aromatic rings. The van der Waals surface area contributed by atoms with Crippen LogP contribution in [0.25, 0.3) is 0 Å². The van der Waals surface area contributed by atoms with Crippen LogP contribution in [0.5, 0.6) is 0 Å². The van der Waals surface area contributed by atoms with Crippen LogP contribution in [0.4, 0.5) is 0 Å². The highest BCUT2D eigenvalue weighted by Crippen LogP contribution is 2.16. The van der Waals surface area contributed by atoms with Crippen LogP contribution in [-0.4, -0.2) is 24.1 Å². The maximum Gasteiger partial charge on any atom is 0.359 e. The van der Waals surface area contributed by atoms with Crippen LogP contribution in [0.3, 0.4) is 0 Å². The third-order valence-electron chi connectivity index (χ3n) is 2.26. The van der Waals surface area contributed by atoms with Crippen molar-refractivity contribution in [3.05, 3.63) is 30.3 Å². The first-order valence-corrected chi connectivity index (χ1v) is 6.72. The summed E-state index contributed by atoms with van der Waals surface area (Å²) < 4.78 is 5.01. The van der Waals surface area contributed by atoms with Crippen molar-refractivity contribution in [2.24, 2.45) is 0 Å². The lowest BCUT2D eigenvalue weighted by molar-refractivity contribution is -0.142. The molecule has 2 nitrogen and oxygen atoms in total. The highest BCUT2D eigenvalue weighted by molar-refractivity contribution is 7.97. The zero-order valence-electron chi connectivity index (χ0n) is 9.40. The van der Waals surface area contributed by atoms with Crippen molar-refractivity contribution in [1.82, 2.24) is 0 Å². The topological polar surface area (TPSA) is 26.3 Å². The number of carbonyl (C=O) groups excluding carboxylic acids is 1. The quantitative estimate of drug-likeness (QED) is 0.580. The number of rotatable bonds is 4. The molecule has 82 valence electrons. The Morgan fingerprint density at radius 3 is 2.53 bits per heavy atom. The highest BCUT2D eigenvalue weighted by atomic mass is 32.2. The molecule has 0 aromatic heterocycles. The van der Waals surface area contributed by atoms with E-state index in [1.54, 1.807) is 0 Å². The van der Waals surface area contributed by atoms with Crippen molar-refractivity contribution in [3.63, 3.8) is 0 Å². The molecule has 0 aliphatic rings. The summed E-state index contributed by atoms with van der Waals surface area (Å²) in [6.07, 6.45) is 2.08. The van der Waals surface area contributed by atoms with E-state index in [1.165, 1.54) is 4.90 Å². The number of benzene rings is 1. The number of ether oxygens (including phenoxy) is 1. The Hall–Kier alpha value is -0.960. The molecule has 0 aliphatic carbocycles. The van der Waals surface area contributed by atoms with Gasteiger partial charge in [0.25, 0.3) is 0 Å². The summed E-state index contributed by atoms with van der Waals surface area (Å²) in [5.41, 5.74) is 0. The Balaban J connectivity index is 2.68. The van der Waals surface area contributed by atoms with Crippen molar-refractivity contribution >= 4 is 16.9 Å². The Labute approximate surface area is 94.0 Å². The summed E-state index contributed by atoms with van der Waals surface area (Å²) in [7, 11) is -0.0843. The van der Waals surface area contributed by atoms with E-state index in [0.717, 1.165) is 0 Å². The van der Waals surface area contributed by atoms with Gasteiger partial charge in [-0.3, -0.25) is 0 Å². The van der Waals surface area contributed by atoms with Gasteiger partial charge in [0, 0.05) is 10.9 Å². The minimum atomic E-state index is -0.104. The molecule has 2 atom stereocenters. The number of esters is 1. The van der Waals surface area contributed by atoms with Crippen molar-refractivity contribution in [1.29, 1.82) is 0 Å². The molecule has 0 bridgehead atoms. The van der Waals surface area contributed by atoms with E-state index < -0.39 is 0 Å². The van der Waals surface area contributed by atoms with Crippen molar-refractivity contribution in [2.45, 2.75) is 24.0 Å². The van der Waals surface area contributed by atoms with Gasteiger partial charge in [-0.2, -0.15) is 0 Å². The molecule has 15 heavy (non-hydrogen) atoms. The van der Waals surface area contributed by atoms with Crippen LogP contribution >= 0.6 is 0 Å². The second-order valence-corrected chi connectivity index (χ2v) is 5.56. The molecule has 0 aliphatic heterocycles. The molecular formula is C12H17O2S+. The average molecular weight is 225 g/mol. The number of carbonyl (C=O) groups is 1. The summed E-state index contributed by atoms with van der Waals surface area (Å²) in [4.78, 5) is 12.7. The van der Waals surface area contributed by atoms with Gasteiger partial charge < -0.3 is 4.74 Å². The maximum atomic E-state index is 11.5. The van der Waals surface area contributed by atoms with E-state index in [4.69, 9.17) is 4.74 Å². The fourth-order valence-electron chi connectivity index (χ4n) is 1.24. The summed E-state index contributed by atoms with van der Waals surface area (Å²) in [5, 5.41) is -0.0626. The molecular weight excluding hydrogens is 208 g/mol. The van der Waals surface area contributed by atoms with Crippen molar-refractivity contribution in [3.8, 4) is 0 Å². The molecule has 0 fully saturated rings. The molecule has 1 rings (SSSR count). The van der Waals surface area contributed by atoms with E-state index in [1.807, 2.05) is 32.0 Å². The Morgan fingerprint density at radius 1 is 1.40 bits per heavy atom. The van der Waals surface area contributed by atoms with E-state index in [9.17, 15) is 4.79 Å². The zero-order chi connectivity index (χ0) is 11.3. The van der Waals surface area contributed by atoms with Gasteiger partial charge in [0.05, 0.1) is 6.61 Å². The predicted molar refractivity (Wildman–Crippen MR) is 64.1 cm³/mol. The van der Waals surface area contributed by atoms with Crippen LogP contribution < -0.4 is 0 Å². The first kappa shape index (κ1) is 12.1. The second kappa shape index (κ2) is 5.81. The summed E-state index contributed by atoms with van der Waals surface area (Å²) in [5.74, 6) is -0.104. The zero-order valence-corrected chi connectivity index (χ0v) is 10.2. The van der Waals surface area contributed by atoms with E-state index in [0.29, 0.717) is 6.61 Å². The molecule has 0 amide bonds. The van der Waals surface area contributed by atoms with Gasteiger partial charge in [0.2, 0.25) is 5.25 Å². The summed E-state index contributed by atoms with van der Waals surface area (Å²) in [6.45, 7) is 4.21. The van der Waals surface area contributed by atoms with Crippen LogP contribution in [0, 0.1) is 0 Å². The first-order valence-electron chi connectivity index (χ1n) is 5.03. The lowest BCUT2D eigenvalue weighted by Crippen LogP contribution is -2.28. The van der Waals surface area contributed by atoms with E-state index >= 15 is 0 Å². The molecule has 1 aromatic carbocycles. The van der Waals surface area contributed by atoms with Gasteiger partial charge in [-0.1, -0.05) is 18.2 Å².